The number of anilines is 2. The Morgan fingerprint density at radius 1 is 1.21 bits per heavy atom. The van der Waals surface area contributed by atoms with Gasteiger partial charge in [-0.2, -0.15) is 0 Å². The number of thiocarbonyl (C=S) groups is 1. The molecule has 1 aliphatic heterocycles. The molecule has 0 atom stereocenters. The van der Waals surface area contributed by atoms with Gasteiger partial charge in [0.25, 0.3) is 0 Å². The van der Waals surface area contributed by atoms with E-state index in [1.807, 2.05) is 12.1 Å². The van der Waals surface area contributed by atoms with Crippen molar-refractivity contribution < 1.29 is 0 Å². The molecule has 1 aromatic rings. The third kappa shape index (κ3) is 4.08. The zero-order valence-electron chi connectivity index (χ0n) is 11.4. The second kappa shape index (κ2) is 6.73. The van der Waals surface area contributed by atoms with E-state index in [4.69, 9.17) is 18.0 Å². The summed E-state index contributed by atoms with van der Waals surface area (Å²) in [5.74, 6) is 0. The van der Waals surface area contributed by atoms with Crippen LogP contribution in [0.15, 0.2) is 24.3 Å². The molecule has 1 aromatic carbocycles. The highest BCUT2D eigenvalue weighted by Gasteiger charge is 2.16. The van der Waals surface area contributed by atoms with E-state index in [2.05, 4.69) is 34.2 Å². The van der Waals surface area contributed by atoms with Crippen LogP contribution in [0.2, 0.25) is 0 Å². The molecule has 1 heterocycles. The summed E-state index contributed by atoms with van der Waals surface area (Å²) in [6.07, 6.45) is 1.24. The summed E-state index contributed by atoms with van der Waals surface area (Å²) >= 11 is 4.82. The maximum atomic E-state index is 5.45. The highest BCUT2D eigenvalue weighted by molar-refractivity contribution is 7.80. The number of nitrogens with one attached hydrogen (secondary N) is 1. The average molecular weight is 278 g/mol. The summed E-state index contributed by atoms with van der Waals surface area (Å²) in [4.78, 5) is 4.95. The van der Waals surface area contributed by atoms with E-state index in [1.165, 1.54) is 18.7 Å². The van der Waals surface area contributed by atoms with Gasteiger partial charge in [0.15, 0.2) is 5.11 Å². The fourth-order valence-electron chi connectivity index (χ4n) is 2.44. The van der Waals surface area contributed by atoms with Crippen LogP contribution in [0.5, 0.6) is 0 Å². The van der Waals surface area contributed by atoms with Crippen LogP contribution in [0.4, 0.5) is 11.4 Å². The van der Waals surface area contributed by atoms with E-state index in [0.29, 0.717) is 5.11 Å². The second-order valence-electron chi connectivity index (χ2n) is 4.86. The number of nitrogens with zero attached hydrogens (tertiary/aromatic N) is 2. The summed E-state index contributed by atoms with van der Waals surface area (Å²) in [5.41, 5.74) is 7.67. The highest BCUT2D eigenvalue weighted by Crippen LogP contribution is 2.19. The van der Waals surface area contributed by atoms with Gasteiger partial charge in [-0.05, 0) is 49.4 Å². The first-order chi connectivity index (χ1) is 9.19. The molecule has 0 saturated carbocycles. The number of piperazine rings is 1. The number of hydrogen-bond acceptors (Lipinski definition) is 3. The van der Waals surface area contributed by atoms with Gasteiger partial charge in [0, 0.05) is 37.6 Å². The lowest BCUT2D eigenvalue weighted by atomic mass is 10.2. The molecule has 1 aliphatic rings. The van der Waals surface area contributed by atoms with E-state index < -0.39 is 0 Å². The largest absolute Gasteiger partial charge is 0.376 e. The van der Waals surface area contributed by atoms with Crippen LogP contribution < -0.4 is 16.0 Å². The summed E-state index contributed by atoms with van der Waals surface area (Å²) < 4.78 is 0. The number of rotatable bonds is 4. The lowest BCUT2D eigenvalue weighted by molar-refractivity contribution is 0.258. The molecule has 0 spiro atoms. The van der Waals surface area contributed by atoms with Gasteiger partial charge >= 0.3 is 0 Å². The summed E-state index contributed by atoms with van der Waals surface area (Å²) in [6.45, 7) is 7.95. The zero-order chi connectivity index (χ0) is 13.7. The van der Waals surface area contributed by atoms with E-state index >= 15 is 0 Å². The third-order valence-electron chi connectivity index (χ3n) is 3.41. The Hall–Kier alpha value is -1.33. The maximum Gasteiger partial charge on any atom is 0.168 e. The molecule has 1 fully saturated rings. The number of hydrogen-bond donors (Lipinski definition) is 2. The summed E-state index contributed by atoms with van der Waals surface area (Å²) in [6, 6.07) is 8.28. The normalized spacial score (nSPS) is 16.4. The Morgan fingerprint density at radius 3 is 2.37 bits per heavy atom. The Bertz CT molecular complexity index is 410. The van der Waals surface area contributed by atoms with Gasteiger partial charge in [-0.25, -0.2) is 0 Å². The summed E-state index contributed by atoms with van der Waals surface area (Å²) in [7, 11) is 0. The molecule has 0 bridgehead atoms. The fraction of sp³-hybridized carbons (Fsp3) is 0.500. The van der Waals surface area contributed by atoms with Crippen LogP contribution in [-0.4, -0.2) is 42.7 Å². The van der Waals surface area contributed by atoms with Crippen molar-refractivity contribution in [2.75, 3.05) is 42.9 Å². The average Bonchev–Trinajstić information content (AvgIpc) is 2.40. The predicted molar refractivity (Wildman–Crippen MR) is 85.8 cm³/mol. The van der Waals surface area contributed by atoms with Crippen LogP contribution in [-0.2, 0) is 0 Å². The lowest BCUT2D eigenvalue weighted by Crippen LogP contribution is -2.46. The summed E-state index contributed by atoms with van der Waals surface area (Å²) in [5, 5.41) is 3.25. The van der Waals surface area contributed by atoms with E-state index in [-0.39, 0.29) is 0 Å². The van der Waals surface area contributed by atoms with Crippen LogP contribution in [0.1, 0.15) is 13.3 Å². The Balaban J connectivity index is 1.90. The first-order valence-corrected chi connectivity index (χ1v) is 7.23. The first-order valence-electron chi connectivity index (χ1n) is 6.83. The fourth-order valence-corrected chi connectivity index (χ4v) is 2.56. The molecule has 1 saturated heterocycles. The van der Waals surface area contributed by atoms with Gasteiger partial charge in [-0.3, -0.25) is 4.90 Å². The molecular weight excluding hydrogens is 256 g/mol. The molecule has 0 amide bonds. The first kappa shape index (κ1) is 14.1. The lowest BCUT2D eigenvalue weighted by Gasteiger charge is -2.36. The SMILES string of the molecule is CCCN1CCN(c2ccc(NC(N)=S)cc2)CC1. The van der Waals surface area contributed by atoms with Crippen LogP contribution >= 0.6 is 12.2 Å². The molecule has 3 N–H and O–H groups in total. The van der Waals surface area contributed by atoms with E-state index in [9.17, 15) is 0 Å². The van der Waals surface area contributed by atoms with Crippen molar-refractivity contribution in [2.45, 2.75) is 13.3 Å². The molecule has 2 rings (SSSR count). The van der Waals surface area contributed by atoms with Gasteiger partial charge in [-0.15, -0.1) is 0 Å². The van der Waals surface area contributed by atoms with Crippen molar-refractivity contribution in [1.82, 2.24) is 4.90 Å². The minimum Gasteiger partial charge on any atom is -0.376 e. The monoisotopic (exact) mass is 278 g/mol. The molecule has 0 radical (unpaired) electrons. The van der Waals surface area contributed by atoms with Crippen molar-refractivity contribution >= 4 is 28.7 Å². The predicted octanol–water partition coefficient (Wildman–Crippen LogP) is 1.87. The Kier molecular flexibility index (Phi) is 4.99. The van der Waals surface area contributed by atoms with Crippen molar-refractivity contribution in [3.8, 4) is 0 Å². The van der Waals surface area contributed by atoms with Crippen molar-refractivity contribution in [3.63, 3.8) is 0 Å². The minimum absolute atomic E-state index is 0.306. The van der Waals surface area contributed by atoms with Crippen molar-refractivity contribution in [1.29, 1.82) is 0 Å². The van der Waals surface area contributed by atoms with Gasteiger partial charge < -0.3 is 16.0 Å². The molecule has 0 aromatic heterocycles. The van der Waals surface area contributed by atoms with Crippen LogP contribution in [0.3, 0.4) is 0 Å². The van der Waals surface area contributed by atoms with Gasteiger partial charge in [-0.1, -0.05) is 6.92 Å². The van der Waals surface area contributed by atoms with Gasteiger partial charge in [0.1, 0.15) is 0 Å². The van der Waals surface area contributed by atoms with Gasteiger partial charge in [0.2, 0.25) is 0 Å². The maximum absolute atomic E-state index is 5.45. The number of nitrogens with two attached hydrogens (primary N) is 1. The molecule has 0 aliphatic carbocycles. The van der Waals surface area contributed by atoms with Crippen molar-refractivity contribution in [2.24, 2.45) is 5.73 Å². The van der Waals surface area contributed by atoms with Crippen LogP contribution in [0.25, 0.3) is 0 Å². The smallest absolute Gasteiger partial charge is 0.168 e. The van der Waals surface area contributed by atoms with E-state index in [0.717, 1.165) is 31.9 Å². The minimum atomic E-state index is 0.306. The molecule has 0 unspecified atom stereocenters. The molecule has 4 nitrogen and oxygen atoms in total. The molecule has 5 heteroatoms. The van der Waals surface area contributed by atoms with E-state index in [1.54, 1.807) is 0 Å². The van der Waals surface area contributed by atoms with Crippen molar-refractivity contribution in [3.05, 3.63) is 24.3 Å². The molecule has 104 valence electrons. The van der Waals surface area contributed by atoms with Crippen LogP contribution in [0, 0.1) is 0 Å². The Morgan fingerprint density at radius 2 is 1.84 bits per heavy atom. The zero-order valence-corrected chi connectivity index (χ0v) is 12.2. The third-order valence-corrected chi connectivity index (χ3v) is 3.51. The standard InChI is InChI=1S/C14H22N4S/c1-2-7-17-8-10-18(11-9-17)13-5-3-12(4-6-13)16-14(15)19/h3-6H,2,7-11H2,1H3,(H3,15,16,19). The second-order valence-corrected chi connectivity index (χ2v) is 5.30. The topological polar surface area (TPSA) is 44.5 Å². The molecular formula is C14H22N4S. The quantitative estimate of drug-likeness (QED) is 0.823. The Labute approximate surface area is 120 Å². The molecule has 19 heavy (non-hydrogen) atoms. The van der Waals surface area contributed by atoms with Gasteiger partial charge in [0.05, 0.1) is 0 Å². The highest BCUT2D eigenvalue weighted by atomic mass is 32.1. The number of benzene rings is 1.